The van der Waals surface area contributed by atoms with Crippen molar-refractivity contribution < 1.29 is 27.2 Å². The maximum Gasteiger partial charge on any atom is 0.453 e. The largest absolute Gasteiger partial charge is 0.453 e. The molecular weight excluding hydrogens is 704 g/mol. The van der Waals surface area contributed by atoms with E-state index in [1.165, 1.54) is 0 Å². The normalized spacial score (nSPS) is 12.7. The fraction of sp³-hybridized carbons (Fsp3) is 0.263. The molecule has 0 radical (unpaired) electrons. The molecule has 0 heterocycles. The number of benzene rings is 4. The van der Waals surface area contributed by atoms with Gasteiger partial charge in [-0.15, -0.1) is 0 Å². The molecule has 0 aliphatic heterocycles. The van der Waals surface area contributed by atoms with Gasteiger partial charge in [-0.05, 0) is 55.8 Å². The Morgan fingerprint density at radius 1 is 0.560 bits per heavy atom. The van der Waals surface area contributed by atoms with Crippen molar-refractivity contribution in [1.29, 1.82) is 0 Å². The summed E-state index contributed by atoms with van der Waals surface area (Å²) in [7, 11) is -15.1. The van der Waals surface area contributed by atoms with Crippen molar-refractivity contribution in [3.63, 3.8) is 0 Å². The van der Waals surface area contributed by atoms with E-state index in [0.717, 1.165) is 26.8 Å². The molecule has 4 aromatic carbocycles. The molecule has 0 aromatic heterocycles. The first-order chi connectivity index (χ1) is 24.1. The third kappa shape index (κ3) is 9.12. The minimum atomic E-state index is -4.14. The van der Waals surface area contributed by atoms with Crippen LogP contribution in [0.2, 0.25) is 0 Å². The Morgan fingerprint density at radius 2 is 0.820 bits per heavy atom. The SMILES string of the molecule is C=C(C)/C=C/C(P(=NP(=O)(OCC)OCC)(c1ccccc1)c1ccccc1)P(=NP(=O)(OCC)OCC)(c1ccccc1)c1ccccc1. The lowest BCUT2D eigenvalue weighted by atomic mass is 10.3. The van der Waals surface area contributed by atoms with E-state index in [1.807, 2.05) is 134 Å². The van der Waals surface area contributed by atoms with Crippen molar-refractivity contribution in [2.24, 2.45) is 9.03 Å². The number of allylic oxidation sites excluding steroid dienone is 3. The molecule has 266 valence electrons. The zero-order chi connectivity index (χ0) is 36.1. The maximum absolute atomic E-state index is 15.0. The quantitative estimate of drug-likeness (QED) is 0.0742. The van der Waals surface area contributed by atoms with Gasteiger partial charge in [-0.1, -0.05) is 146 Å². The summed E-state index contributed by atoms with van der Waals surface area (Å²) >= 11 is 0. The standard InChI is InChI=1S/C38H48N2O6P4/c1-7-43-49(41,44-8-2)39-47(34-23-15-11-16-24-34,35-25-17-12-18-26-35)38(32-31-33(5)6)48(36-27-19-13-20-28-36,37-29-21-14-22-30-37)40-50(42,45-9-3)46-10-4/h11-32,38H,5,7-10H2,1-4,6H3/b32-31+. The molecule has 0 atom stereocenters. The first kappa shape index (κ1) is 39.9. The second kappa shape index (κ2) is 18.6. The van der Waals surface area contributed by atoms with Gasteiger partial charge in [0.05, 0.1) is 45.9 Å². The van der Waals surface area contributed by atoms with Crippen LogP contribution in [0.15, 0.2) is 155 Å². The Kier molecular flexibility index (Phi) is 14.8. The molecule has 0 saturated carbocycles. The topological polar surface area (TPSA) is 95.8 Å². The molecule has 50 heavy (non-hydrogen) atoms. The lowest BCUT2D eigenvalue weighted by molar-refractivity contribution is 0.220. The molecule has 4 aromatic rings. The highest BCUT2D eigenvalue weighted by atomic mass is 31.3. The first-order valence-electron chi connectivity index (χ1n) is 16.7. The van der Waals surface area contributed by atoms with Gasteiger partial charge in [0.2, 0.25) is 0 Å². The van der Waals surface area contributed by atoms with E-state index in [2.05, 4.69) is 12.7 Å². The number of hydrogen-bond acceptors (Lipinski definition) is 6. The lowest BCUT2D eigenvalue weighted by Crippen LogP contribution is -2.32. The van der Waals surface area contributed by atoms with E-state index >= 15 is 0 Å². The molecule has 0 aliphatic carbocycles. The van der Waals surface area contributed by atoms with Crippen LogP contribution in [0.5, 0.6) is 0 Å². The van der Waals surface area contributed by atoms with Crippen LogP contribution in [-0.2, 0) is 27.2 Å². The summed E-state index contributed by atoms with van der Waals surface area (Å²) in [5.41, 5.74) is 0.782. The zero-order valence-corrected chi connectivity index (χ0v) is 33.0. The van der Waals surface area contributed by atoms with Crippen molar-refractivity contribution in [2.75, 3.05) is 26.4 Å². The highest BCUT2D eigenvalue weighted by molar-refractivity contribution is 7.99. The third-order valence-electron chi connectivity index (χ3n) is 7.59. The zero-order valence-electron chi connectivity index (χ0n) is 29.4. The molecule has 0 fully saturated rings. The number of nitrogens with zero attached hydrogens (tertiary/aromatic N) is 2. The minimum absolute atomic E-state index is 0.114. The van der Waals surface area contributed by atoms with Crippen LogP contribution >= 0.6 is 29.6 Å². The van der Waals surface area contributed by atoms with Crippen LogP contribution in [0.25, 0.3) is 0 Å². The Balaban J connectivity index is 2.48. The second-order valence-electron chi connectivity index (χ2n) is 11.1. The molecule has 12 heteroatoms. The molecule has 0 spiro atoms. The van der Waals surface area contributed by atoms with E-state index in [-0.39, 0.29) is 26.4 Å². The van der Waals surface area contributed by atoms with Crippen LogP contribution in [0, 0.1) is 0 Å². The highest BCUT2D eigenvalue weighted by Gasteiger charge is 2.49. The summed E-state index contributed by atoms with van der Waals surface area (Å²) in [4.78, 5) is 0. The molecular formula is C38H48N2O6P4. The maximum atomic E-state index is 15.0. The van der Waals surface area contributed by atoms with E-state index in [0.29, 0.717) is 0 Å². The van der Waals surface area contributed by atoms with E-state index in [9.17, 15) is 9.13 Å². The van der Waals surface area contributed by atoms with Crippen molar-refractivity contribution in [3.05, 3.63) is 146 Å². The smallest absolute Gasteiger partial charge is 0.291 e. The van der Waals surface area contributed by atoms with E-state index < -0.39 is 35.0 Å². The van der Waals surface area contributed by atoms with Gasteiger partial charge in [0.15, 0.2) is 0 Å². The predicted octanol–water partition coefficient (Wildman–Crippen LogP) is 10.5. The Hall–Kier alpha value is -2.88. The van der Waals surface area contributed by atoms with Crippen molar-refractivity contribution in [3.8, 4) is 0 Å². The van der Waals surface area contributed by atoms with Gasteiger partial charge in [-0.25, -0.2) is 9.13 Å². The molecule has 4 rings (SSSR count). The van der Waals surface area contributed by atoms with Gasteiger partial charge in [0.25, 0.3) is 0 Å². The van der Waals surface area contributed by atoms with Crippen molar-refractivity contribution in [2.45, 2.75) is 40.0 Å². The van der Waals surface area contributed by atoms with Crippen LogP contribution in [0.1, 0.15) is 34.6 Å². The molecule has 0 bridgehead atoms. The van der Waals surface area contributed by atoms with Gasteiger partial charge in [0, 0.05) is 0 Å². The van der Waals surface area contributed by atoms with Gasteiger partial charge < -0.3 is 0 Å². The molecule has 8 nitrogen and oxygen atoms in total. The summed E-state index contributed by atoms with van der Waals surface area (Å²) in [6.07, 6.45) is 4.00. The summed E-state index contributed by atoms with van der Waals surface area (Å²) in [6, 6.07) is 39.3. The second-order valence-corrected chi connectivity index (χ2v) is 21.8. The lowest BCUT2D eigenvalue weighted by Gasteiger charge is -2.42. The summed E-state index contributed by atoms with van der Waals surface area (Å²) in [5, 5.41) is 2.56. The van der Waals surface area contributed by atoms with E-state index in [1.54, 1.807) is 27.7 Å². The number of rotatable bonds is 18. The van der Waals surface area contributed by atoms with Gasteiger partial charge in [0.1, 0.15) is 0 Å². The van der Waals surface area contributed by atoms with Crippen LogP contribution in [-0.4, -0.2) is 31.8 Å². The average Bonchev–Trinajstić information content (AvgIpc) is 3.12. The fourth-order valence-corrected chi connectivity index (χ4v) is 22.7. The third-order valence-corrected chi connectivity index (χ3v) is 22.2. The molecule has 0 unspecified atom stereocenters. The van der Waals surface area contributed by atoms with Crippen LogP contribution in [0.3, 0.4) is 0 Å². The minimum Gasteiger partial charge on any atom is -0.291 e. The molecule has 0 N–H and O–H groups in total. The molecule has 0 aliphatic rings. The van der Waals surface area contributed by atoms with Crippen molar-refractivity contribution >= 4 is 50.8 Å². The van der Waals surface area contributed by atoms with Gasteiger partial charge in [-0.2, -0.15) is 9.03 Å². The summed E-state index contributed by atoms with van der Waals surface area (Å²) in [5.74, 6) is 0. The van der Waals surface area contributed by atoms with Gasteiger partial charge >= 0.3 is 15.5 Å². The predicted molar refractivity (Wildman–Crippen MR) is 212 cm³/mol. The molecule has 0 saturated heterocycles. The number of hydrogen-bond donors (Lipinski definition) is 0. The highest BCUT2D eigenvalue weighted by Crippen LogP contribution is 2.76. The first-order valence-corrected chi connectivity index (χ1v) is 23.4. The summed E-state index contributed by atoms with van der Waals surface area (Å²) in [6.45, 7) is 13.7. The average molecular weight is 753 g/mol. The summed E-state index contributed by atoms with van der Waals surface area (Å²) < 4.78 is 64.7. The van der Waals surface area contributed by atoms with E-state index in [4.69, 9.17) is 27.1 Å². The van der Waals surface area contributed by atoms with Crippen LogP contribution in [0.4, 0.5) is 0 Å². The molecule has 0 amide bonds. The Labute approximate surface area is 298 Å². The Bertz CT molecular complexity index is 1680. The fourth-order valence-electron chi connectivity index (χ4n) is 5.76. The Morgan fingerprint density at radius 3 is 1.04 bits per heavy atom. The van der Waals surface area contributed by atoms with Crippen LogP contribution < -0.4 is 21.2 Å². The van der Waals surface area contributed by atoms with Gasteiger partial charge in [-0.3, -0.25) is 18.1 Å². The monoisotopic (exact) mass is 752 g/mol. The van der Waals surface area contributed by atoms with Crippen molar-refractivity contribution in [1.82, 2.24) is 0 Å².